The van der Waals surface area contributed by atoms with Gasteiger partial charge in [-0.15, -0.1) is 12.4 Å². The third-order valence-corrected chi connectivity index (χ3v) is 3.98. The summed E-state index contributed by atoms with van der Waals surface area (Å²) in [6, 6.07) is 7.05. The van der Waals surface area contributed by atoms with Crippen LogP contribution in [-0.4, -0.2) is 20.7 Å². The van der Waals surface area contributed by atoms with Crippen molar-refractivity contribution >= 4 is 27.9 Å². The van der Waals surface area contributed by atoms with Gasteiger partial charge in [-0.2, -0.15) is 0 Å². The fraction of sp³-hybridized carbons (Fsp3) is 0.333. The number of hydrogen-bond donors (Lipinski definition) is 1. The molecular weight excluding hydrogens is 222 g/mol. The summed E-state index contributed by atoms with van der Waals surface area (Å²) < 4.78 is 23.3. The molecule has 2 rings (SSSR count). The molecule has 1 aromatic rings. The second kappa shape index (κ2) is 4.19. The molecule has 0 saturated heterocycles. The number of rotatable bonds is 0. The van der Waals surface area contributed by atoms with Crippen molar-refractivity contribution in [1.82, 2.24) is 0 Å². The SMILES string of the molecule is Cl.O=S1(=O)CCCNc2ccccc21. The van der Waals surface area contributed by atoms with Gasteiger partial charge in [0, 0.05) is 6.54 Å². The van der Waals surface area contributed by atoms with Crippen LogP contribution >= 0.6 is 12.4 Å². The Labute approximate surface area is 89.8 Å². The summed E-state index contributed by atoms with van der Waals surface area (Å²) in [5.41, 5.74) is 0.736. The van der Waals surface area contributed by atoms with E-state index in [0.717, 1.165) is 12.2 Å². The summed E-state index contributed by atoms with van der Waals surface area (Å²) in [4.78, 5) is 0.438. The lowest BCUT2D eigenvalue weighted by Gasteiger charge is -2.05. The van der Waals surface area contributed by atoms with Crippen molar-refractivity contribution in [3.8, 4) is 0 Å². The van der Waals surface area contributed by atoms with Gasteiger partial charge in [0.2, 0.25) is 0 Å². The zero-order valence-electron chi connectivity index (χ0n) is 7.56. The van der Waals surface area contributed by atoms with Crippen LogP contribution in [0.25, 0.3) is 0 Å². The maximum Gasteiger partial charge on any atom is 0.180 e. The number of fused-ring (bicyclic) bond motifs is 1. The summed E-state index contributed by atoms with van der Waals surface area (Å²) in [5.74, 6) is 0.247. The van der Waals surface area contributed by atoms with Crippen LogP contribution in [0.3, 0.4) is 0 Å². The Morgan fingerprint density at radius 1 is 1.21 bits per heavy atom. The molecule has 1 aromatic carbocycles. The molecule has 0 saturated carbocycles. The zero-order chi connectivity index (χ0) is 9.31. The maximum atomic E-state index is 11.7. The van der Waals surface area contributed by atoms with Gasteiger partial charge in [0.1, 0.15) is 0 Å². The van der Waals surface area contributed by atoms with Gasteiger partial charge < -0.3 is 5.32 Å². The third-order valence-electron chi connectivity index (χ3n) is 2.13. The van der Waals surface area contributed by atoms with Crippen molar-refractivity contribution in [2.24, 2.45) is 0 Å². The van der Waals surface area contributed by atoms with E-state index < -0.39 is 9.84 Å². The van der Waals surface area contributed by atoms with Crippen LogP contribution in [-0.2, 0) is 9.84 Å². The first-order valence-electron chi connectivity index (χ1n) is 4.26. The highest BCUT2D eigenvalue weighted by atomic mass is 35.5. The van der Waals surface area contributed by atoms with Crippen molar-refractivity contribution in [1.29, 1.82) is 0 Å². The zero-order valence-corrected chi connectivity index (χ0v) is 9.20. The molecule has 0 fully saturated rings. The first-order chi connectivity index (χ1) is 6.20. The van der Waals surface area contributed by atoms with E-state index in [1.165, 1.54) is 0 Å². The highest BCUT2D eigenvalue weighted by Crippen LogP contribution is 2.24. The molecule has 14 heavy (non-hydrogen) atoms. The average Bonchev–Trinajstić information content (AvgIpc) is 2.26. The molecule has 0 unspecified atom stereocenters. The lowest BCUT2D eigenvalue weighted by atomic mass is 10.3. The van der Waals surface area contributed by atoms with Crippen LogP contribution in [0.4, 0.5) is 5.69 Å². The molecule has 5 heteroatoms. The van der Waals surface area contributed by atoms with Gasteiger partial charge in [-0.1, -0.05) is 12.1 Å². The lowest BCUT2D eigenvalue weighted by molar-refractivity contribution is 0.596. The number of para-hydroxylation sites is 1. The summed E-state index contributed by atoms with van der Waals surface area (Å²) in [7, 11) is -3.04. The van der Waals surface area contributed by atoms with Crippen LogP contribution in [0.5, 0.6) is 0 Å². The van der Waals surface area contributed by atoms with E-state index >= 15 is 0 Å². The normalized spacial score (nSPS) is 18.3. The average molecular weight is 234 g/mol. The van der Waals surface area contributed by atoms with E-state index in [1.807, 2.05) is 6.07 Å². The largest absolute Gasteiger partial charge is 0.384 e. The Morgan fingerprint density at radius 2 is 1.93 bits per heavy atom. The Bertz CT molecular complexity index is 417. The van der Waals surface area contributed by atoms with Crippen LogP contribution in [0.1, 0.15) is 6.42 Å². The fourth-order valence-corrected chi connectivity index (χ4v) is 2.98. The highest BCUT2D eigenvalue weighted by molar-refractivity contribution is 7.91. The van der Waals surface area contributed by atoms with Gasteiger partial charge >= 0.3 is 0 Å². The molecule has 78 valence electrons. The Morgan fingerprint density at radius 3 is 2.71 bits per heavy atom. The minimum absolute atomic E-state index is 0. The van der Waals surface area contributed by atoms with Crippen LogP contribution in [0.2, 0.25) is 0 Å². The molecule has 1 N–H and O–H groups in total. The number of nitrogens with one attached hydrogen (secondary N) is 1. The quantitative estimate of drug-likeness (QED) is 0.742. The number of sulfone groups is 1. The van der Waals surface area contributed by atoms with Gasteiger partial charge in [-0.05, 0) is 18.6 Å². The van der Waals surface area contributed by atoms with E-state index in [-0.39, 0.29) is 18.2 Å². The Hall–Kier alpha value is -0.740. The molecule has 0 bridgehead atoms. The van der Waals surface area contributed by atoms with Gasteiger partial charge in [0.25, 0.3) is 0 Å². The summed E-state index contributed by atoms with van der Waals surface area (Å²) >= 11 is 0. The van der Waals surface area contributed by atoms with Crippen molar-refractivity contribution in [3.05, 3.63) is 24.3 Å². The van der Waals surface area contributed by atoms with Crippen molar-refractivity contribution in [3.63, 3.8) is 0 Å². The van der Waals surface area contributed by atoms with Crippen molar-refractivity contribution in [2.75, 3.05) is 17.6 Å². The summed E-state index contributed by atoms with van der Waals surface area (Å²) in [6.07, 6.45) is 0.678. The Kier molecular flexibility index (Phi) is 3.39. The van der Waals surface area contributed by atoms with Crippen molar-refractivity contribution in [2.45, 2.75) is 11.3 Å². The summed E-state index contributed by atoms with van der Waals surface area (Å²) in [5, 5.41) is 3.10. The topological polar surface area (TPSA) is 46.2 Å². The van der Waals surface area contributed by atoms with Gasteiger partial charge in [-0.3, -0.25) is 0 Å². The molecular formula is C9H12ClNO2S. The van der Waals surface area contributed by atoms with Gasteiger partial charge in [-0.25, -0.2) is 8.42 Å². The minimum atomic E-state index is -3.04. The molecule has 0 amide bonds. The molecule has 0 radical (unpaired) electrons. The molecule has 0 aromatic heterocycles. The van der Waals surface area contributed by atoms with E-state index in [1.54, 1.807) is 18.2 Å². The van der Waals surface area contributed by atoms with Gasteiger partial charge in [0.05, 0.1) is 16.3 Å². The molecule has 0 aliphatic carbocycles. The summed E-state index contributed by atoms with van der Waals surface area (Å²) in [6.45, 7) is 0.732. The van der Waals surface area contributed by atoms with E-state index in [9.17, 15) is 8.42 Å². The predicted octanol–water partition coefficient (Wildman–Crippen LogP) is 1.70. The number of anilines is 1. The molecule has 0 spiro atoms. The van der Waals surface area contributed by atoms with Gasteiger partial charge in [0.15, 0.2) is 9.84 Å². The minimum Gasteiger partial charge on any atom is -0.384 e. The predicted molar refractivity (Wildman–Crippen MR) is 58.8 cm³/mol. The van der Waals surface area contributed by atoms with E-state index in [4.69, 9.17) is 0 Å². The van der Waals surface area contributed by atoms with Crippen LogP contribution < -0.4 is 5.32 Å². The molecule has 1 aliphatic heterocycles. The Balaban J connectivity index is 0.000000980. The number of halogens is 1. The molecule has 0 atom stereocenters. The standard InChI is InChI=1S/C9H11NO2S.ClH/c11-13(12)7-3-6-10-8-4-1-2-5-9(8)13;/h1-2,4-5,10H,3,6-7H2;1H. The fourth-order valence-electron chi connectivity index (χ4n) is 1.48. The number of benzene rings is 1. The van der Waals surface area contributed by atoms with E-state index in [0.29, 0.717) is 11.3 Å². The smallest absolute Gasteiger partial charge is 0.180 e. The highest BCUT2D eigenvalue weighted by Gasteiger charge is 2.20. The van der Waals surface area contributed by atoms with Crippen LogP contribution in [0.15, 0.2) is 29.2 Å². The molecule has 1 heterocycles. The van der Waals surface area contributed by atoms with Crippen molar-refractivity contribution < 1.29 is 8.42 Å². The first-order valence-corrected chi connectivity index (χ1v) is 5.91. The third kappa shape index (κ3) is 2.01. The maximum absolute atomic E-state index is 11.7. The molecule has 3 nitrogen and oxygen atoms in total. The van der Waals surface area contributed by atoms with E-state index in [2.05, 4.69) is 5.32 Å². The number of hydrogen-bond acceptors (Lipinski definition) is 3. The second-order valence-corrected chi connectivity index (χ2v) is 5.17. The second-order valence-electron chi connectivity index (χ2n) is 3.10. The first kappa shape index (κ1) is 11.3. The van der Waals surface area contributed by atoms with Crippen LogP contribution in [0, 0.1) is 0 Å². The monoisotopic (exact) mass is 233 g/mol. The molecule has 1 aliphatic rings. The lowest BCUT2D eigenvalue weighted by Crippen LogP contribution is -2.04.